The molecule has 2 heteroatoms. The zero-order valence-electron chi connectivity index (χ0n) is 8.97. The molecule has 0 saturated carbocycles. The summed E-state index contributed by atoms with van der Waals surface area (Å²) in [5.74, 6) is 0. The van der Waals surface area contributed by atoms with Crippen LogP contribution in [-0.4, -0.2) is 18.8 Å². The Labute approximate surface area is 81.1 Å². The SMILES string of the molecule is COC(C)(C)C(N)C1=CCCCC1. The van der Waals surface area contributed by atoms with Crippen molar-refractivity contribution in [2.24, 2.45) is 5.73 Å². The number of rotatable bonds is 3. The van der Waals surface area contributed by atoms with Crippen molar-refractivity contribution in [1.29, 1.82) is 0 Å². The Hall–Kier alpha value is -0.340. The Kier molecular flexibility index (Phi) is 3.51. The van der Waals surface area contributed by atoms with E-state index in [0.29, 0.717) is 0 Å². The fraction of sp³-hybridized carbons (Fsp3) is 0.818. The molecule has 2 N–H and O–H groups in total. The van der Waals surface area contributed by atoms with Crippen LogP contribution >= 0.6 is 0 Å². The molecule has 13 heavy (non-hydrogen) atoms. The van der Waals surface area contributed by atoms with Crippen molar-refractivity contribution in [3.63, 3.8) is 0 Å². The summed E-state index contributed by atoms with van der Waals surface area (Å²) in [7, 11) is 1.73. The number of hydrogen-bond donors (Lipinski definition) is 1. The first kappa shape index (κ1) is 10.7. The van der Waals surface area contributed by atoms with Crippen molar-refractivity contribution < 1.29 is 4.74 Å². The number of hydrogen-bond acceptors (Lipinski definition) is 2. The van der Waals surface area contributed by atoms with E-state index in [0.717, 1.165) is 6.42 Å². The van der Waals surface area contributed by atoms with Gasteiger partial charge < -0.3 is 10.5 Å². The highest BCUT2D eigenvalue weighted by atomic mass is 16.5. The summed E-state index contributed by atoms with van der Waals surface area (Å²) in [6, 6.07) is 0.0535. The summed E-state index contributed by atoms with van der Waals surface area (Å²) < 4.78 is 5.39. The highest BCUT2D eigenvalue weighted by Gasteiger charge is 2.28. The van der Waals surface area contributed by atoms with Crippen molar-refractivity contribution >= 4 is 0 Å². The van der Waals surface area contributed by atoms with E-state index in [1.807, 2.05) is 13.8 Å². The van der Waals surface area contributed by atoms with Crippen LogP contribution in [0.5, 0.6) is 0 Å². The second kappa shape index (κ2) is 4.25. The monoisotopic (exact) mass is 183 g/mol. The second-order valence-electron chi connectivity index (χ2n) is 4.31. The van der Waals surface area contributed by atoms with Gasteiger partial charge in [-0.3, -0.25) is 0 Å². The van der Waals surface area contributed by atoms with Gasteiger partial charge >= 0.3 is 0 Å². The van der Waals surface area contributed by atoms with Gasteiger partial charge in [0.05, 0.1) is 11.6 Å². The number of methoxy groups -OCH3 is 1. The van der Waals surface area contributed by atoms with E-state index < -0.39 is 0 Å². The predicted octanol–water partition coefficient (Wildman–Crippen LogP) is 2.24. The molecule has 76 valence electrons. The number of nitrogens with two attached hydrogens (primary N) is 1. The van der Waals surface area contributed by atoms with Crippen LogP contribution in [-0.2, 0) is 4.74 Å². The third-order valence-electron chi connectivity index (χ3n) is 3.00. The van der Waals surface area contributed by atoms with Crippen LogP contribution in [0.3, 0.4) is 0 Å². The largest absolute Gasteiger partial charge is 0.377 e. The molecule has 0 aliphatic heterocycles. The molecule has 0 heterocycles. The molecule has 1 unspecified atom stereocenters. The van der Waals surface area contributed by atoms with Crippen molar-refractivity contribution in [2.75, 3.05) is 7.11 Å². The quantitative estimate of drug-likeness (QED) is 0.681. The summed E-state index contributed by atoms with van der Waals surface area (Å²) in [6.07, 6.45) is 7.20. The molecule has 2 nitrogen and oxygen atoms in total. The Bertz CT molecular complexity index is 196. The first-order chi connectivity index (χ1) is 6.08. The normalized spacial score (nSPS) is 21.1. The van der Waals surface area contributed by atoms with Gasteiger partial charge in [-0.05, 0) is 39.5 Å². The lowest BCUT2D eigenvalue weighted by molar-refractivity contribution is 0.00872. The van der Waals surface area contributed by atoms with Crippen molar-refractivity contribution in [3.8, 4) is 0 Å². The Balaban J connectivity index is 2.65. The van der Waals surface area contributed by atoms with Crippen molar-refractivity contribution in [2.45, 2.75) is 51.2 Å². The van der Waals surface area contributed by atoms with Crippen LogP contribution in [0.25, 0.3) is 0 Å². The summed E-state index contributed by atoms with van der Waals surface area (Å²) in [5.41, 5.74) is 7.28. The minimum atomic E-state index is -0.233. The maximum atomic E-state index is 6.14. The van der Waals surface area contributed by atoms with Gasteiger partial charge in [-0.25, -0.2) is 0 Å². The Morgan fingerprint density at radius 2 is 2.15 bits per heavy atom. The van der Waals surface area contributed by atoms with Crippen LogP contribution in [0.1, 0.15) is 39.5 Å². The molecule has 0 aromatic carbocycles. The molecule has 0 amide bonds. The molecule has 1 atom stereocenters. The standard InChI is InChI=1S/C11H21NO/c1-11(2,13-3)10(12)9-7-5-4-6-8-9/h7,10H,4-6,8,12H2,1-3H3. The summed E-state index contributed by atoms with van der Waals surface area (Å²) in [4.78, 5) is 0. The van der Waals surface area contributed by atoms with Gasteiger partial charge in [0.1, 0.15) is 0 Å². The van der Waals surface area contributed by atoms with Gasteiger partial charge in [0.2, 0.25) is 0 Å². The smallest absolute Gasteiger partial charge is 0.0811 e. The average Bonchev–Trinajstić information content (AvgIpc) is 2.18. The van der Waals surface area contributed by atoms with Crippen LogP contribution in [0.4, 0.5) is 0 Å². The molecule has 1 rings (SSSR count). The van der Waals surface area contributed by atoms with Crippen molar-refractivity contribution in [1.82, 2.24) is 0 Å². The zero-order chi connectivity index (χ0) is 9.90. The van der Waals surface area contributed by atoms with E-state index >= 15 is 0 Å². The Morgan fingerprint density at radius 3 is 2.62 bits per heavy atom. The van der Waals surface area contributed by atoms with Gasteiger partial charge in [-0.15, -0.1) is 0 Å². The van der Waals surface area contributed by atoms with Gasteiger partial charge in [-0.2, -0.15) is 0 Å². The fourth-order valence-corrected chi connectivity index (χ4v) is 1.72. The first-order valence-electron chi connectivity index (χ1n) is 5.07. The van der Waals surface area contributed by atoms with Gasteiger partial charge in [0.25, 0.3) is 0 Å². The Morgan fingerprint density at radius 1 is 1.46 bits per heavy atom. The highest BCUT2D eigenvalue weighted by molar-refractivity contribution is 5.16. The van der Waals surface area contributed by atoms with E-state index in [9.17, 15) is 0 Å². The topological polar surface area (TPSA) is 35.2 Å². The molecule has 0 saturated heterocycles. The van der Waals surface area contributed by atoms with E-state index in [1.54, 1.807) is 7.11 Å². The molecule has 0 aromatic heterocycles. The molecule has 0 radical (unpaired) electrons. The highest BCUT2D eigenvalue weighted by Crippen LogP contribution is 2.26. The molecule has 0 spiro atoms. The number of allylic oxidation sites excluding steroid dienone is 1. The van der Waals surface area contributed by atoms with Gasteiger partial charge in [0, 0.05) is 7.11 Å². The lowest BCUT2D eigenvalue weighted by Gasteiger charge is -2.33. The third-order valence-corrected chi connectivity index (χ3v) is 3.00. The van der Waals surface area contributed by atoms with Crippen LogP contribution in [0.15, 0.2) is 11.6 Å². The maximum Gasteiger partial charge on any atom is 0.0811 e. The zero-order valence-corrected chi connectivity index (χ0v) is 8.97. The minimum Gasteiger partial charge on any atom is -0.377 e. The van der Waals surface area contributed by atoms with Gasteiger partial charge in [0.15, 0.2) is 0 Å². The molecule has 0 bridgehead atoms. The maximum absolute atomic E-state index is 6.14. The molecular weight excluding hydrogens is 162 g/mol. The fourth-order valence-electron chi connectivity index (χ4n) is 1.72. The predicted molar refractivity (Wildman–Crippen MR) is 55.6 cm³/mol. The molecular formula is C11H21NO. The van der Waals surface area contributed by atoms with Crippen LogP contribution < -0.4 is 5.73 Å². The lowest BCUT2D eigenvalue weighted by atomic mass is 9.86. The van der Waals surface area contributed by atoms with E-state index in [4.69, 9.17) is 10.5 Å². The van der Waals surface area contributed by atoms with E-state index in [-0.39, 0.29) is 11.6 Å². The van der Waals surface area contributed by atoms with Crippen LogP contribution in [0.2, 0.25) is 0 Å². The minimum absolute atomic E-state index is 0.0535. The van der Waals surface area contributed by atoms with Crippen molar-refractivity contribution in [3.05, 3.63) is 11.6 Å². The summed E-state index contributed by atoms with van der Waals surface area (Å²) in [6.45, 7) is 4.10. The van der Waals surface area contributed by atoms with Gasteiger partial charge in [-0.1, -0.05) is 11.6 Å². The number of ether oxygens (including phenoxy) is 1. The first-order valence-corrected chi connectivity index (χ1v) is 5.07. The summed E-state index contributed by atoms with van der Waals surface area (Å²) in [5, 5.41) is 0. The molecule has 0 fully saturated rings. The third kappa shape index (κ3) is 2.55. The van der Waals surface area contributed by atoms with E-state index in [1.165, 1.54) is 24.8 Å². The second-order valence-corrected chi connectivity index (χ2v) is 4.31. The van der Waals surface area contributed by atoms with Crippen LogP contribution in [0, 0.1) is 0 Å². The summed E-state index contributed by atoms with van der Waals surface area (Å²) >= 11 is 0. The van der Waals surface area contributed by atoms with E-state index in [2.05, 4.69) is 6.08 Å². The molecule has 0 aromatic rings. The average molecular weight is 183 g/mol. The lowest BCUT2D eigenvalue weighted by Crippen LogP contribution is -2.46. The molecule has 1 aliphatic rings. The molecule has 1 aliphatic carbocycles.